The first kappa shape index (κ1) is 14.3. The topological polar surface area (TPSA) is 92.5 Å². The summed E-state index contributed by atoms with van der Waals surface area (Å²) in [7, 11) is -2.15. The van der Waals surface area contributed by atoms with E-state index in [1.807, 2.05) is 0 Å². The number of carbonyl (C=O) groups excluding carboxylic acids is 1. The molecule has 0 spiro atoms. The Balaban J connectivity index is 2.99. The highest BCUT2D eigenvalue weighted by Crippen LogP contribution is 2.23. The number of amides is 1. The van der Waals surface area contributed by atoms with Crippen LogP contribution >= 0.6 is 12.2 Å². The number of rotatable bonds is 4. The Morgan fingerprint density at radius 2 is 2.18 bits per heavy atom. The molecule has 1 amide bonds. The Morgan fingerprint density at radius 3 is 2.65 bits per heavy atom. The summed E-state index contributed by atoms with van der Waals surface area (Å²) in [4.78, 5) is 11.5. The van der Waals surface area contributed by atoms with Crippen molar-refractivity contribution in [2.45, 2.75) is 31.1 Å². The molecule has 0 aliphatic carbocycles. The van der Waals surface area contributed by atoms with Crippen molar-refractivity contribution in [2.75, 3.05) is 13.6 Å². The second kappa shape index (κ2) is 5.28. The van der Waals surface area contributed by atoms with Crippen LogP contribution in [0.25, 0.3) is 0 Å². The van der Waals surface area contributed by atoms with E-state index in [4.69, 9.17) is 18.0 Å². The number of hydrogen-bond acceptors (Lipinski definition) is 4. The first-order valence-corrected chi connectivity index (χ1v) is 7.25. The van der Waals surface area contributed by atoms with E-state index < -0.39 is 21.3 Å². The maximum atomic E-state index is 12.2. The molecule has 17 heavy (non-hydrogen) atoms. The average Bonchev–Trinajstić information content (AvgIpc) is 2.76. The Labute approximate surface area is 107 Å². The predicted octanol–water partition coefficient (Wildman–Crippen LogP) is -0.799. The molecule has 1 rings (SSSR count). The lowest BCUT2D eigenvalue weighted by Gasteiger charge is -2.25. The molecule has 98 valence electrons. The zero-order valence-electron chi connectivity index (χ0n) is 9.84. The van der Waals surface area contributed by atoms with Gasteiger partial charge in [-0.1, -0.05) is 12.2 Å². The summed E-state index contributed by atoms with van der Waals surface area (Å²) in [6.07, 6.45) is 1.20. The number of nitrogens with one attached hydrogen (secondary N) is 1. The van der Waals surface area contributed by atoms with Crippen LogP contribution in [-0.4, -0.2) is 48.5 Å². The van der Waals surface area contributed by atoms with Crippen molar-refractivity contribution >= 4 is 33.1 Å². The normalized spacial score (nSPS) is 23.3. The highest BCUT2D eigenvalue weighted by atomic mass is 32.2. The molecular weight excluding hydrogens is 262 g/mol. The third kappa shape index (κ3) is 2.75. The second-order valence-electron chi connectivity index (χ2n) is 3.97. The average molecular weight is 279 g/mol. The van der Waals surface area contributed by atoms with Gasteiger partial charge in [0, 0.05) is 13.6 Å². The summed E-state index contributed by atoms with van der Waals surface area (Å²) >= 11 is 4.71. The van der Waals surface area contributed by atoms with Crippen LogP contribution in [0.1, 0.15) is 19.8 Å². The van der Waals surface area contributed by atoms with Crippen molar-refractivity contribution < 1.29 is 13.2 Å². The molecule has 0 saturated carbocycles. The fraction of sp³-hybridized carbons (Fsp3) is 0.778. The predicted molar refractivity (Wildman–Crippen MR) is 69.0 cm³/mol. The highest BCUT2D eigenvalue weighted by molar-refractivity contribution is 7.92. The molecule has 3 N–H and O–H groups in total. The molecule has 2 atom stereocenters. The molecule has 1 heterocycles. The summed E-state index contributed by atoms with van der Waals surface area (Å²) < 4.78 is 25.6. The molecule has 1 aliphatic rings. The van der Waals surface area contributed by atoms with Gasteiger partial charge in [-0.05, 0) is 19.8 Å². The SMILES string of the molecule is CNC(=O)C1CCCN1S(=O)(=O)C(C)C(N)=S. The van der Waals surface area contributed by atoms with Crippen LogP contribution in [0, 0.1) is 0 Å². The minimum atomic E-state index is -3.64. The first-order valence-electron chi connectivity index (χ1n) is 5.34. The van der Waals surface area contributed by atoms with Gasteiger partial charge in [0.15, 0.2) is 0 Å². The van der Waals surface area contributed by atoms with Crippen LogP contribution in [0.5, 0.6) is 0 Å². The molecule has 1 fully saturated rings. The Hall–Kier alpha value is -0.730. The van der Waals surface area contributed by atoms with Gasteiger partial charge >= 0.3 is 0 Å². The second-order valence-corrected chi connectivity index (χ2v) is 6.65. The lowest BCUT2D eigenvalue weighted by Crippen LogP contribution is -2.49. The molecule has 0 bridgehead atoms. The van der Waals surface area contributed by atoms with Crippen LogP contribution in [0.4, 0.5) is 0 Å². The van der Waals surface area contributed by atoms with Crippen molar-refractivity contribution in [1.29, 1.82) is 0 Å². The van der Waals surface area contributed by atoms with E-state index in [-0.39, 0.29) is 10.9 Å². The van der Waals surface area contributed by atoms with E-state index in [9.17, 15) is 13.2 Å². The van der Waals surface area contributed by atoms with E-state index in [0.717, 1.165) is 0 Å². The molecular formula is C9H17N3O3S2. The van der Waals surface area contributed by atoms with Gasteiger partial charge in [0.2, 0.25) is 15.9 Å². The fourth-order valence-electron chi connectivity index (χ4n) is 1.82. The summed E-state index contributed by atoms with van der Waals surface area (Å²) in [5.74, 6) is -0.291. The number of carbonyl (C=O) groups is 1. The third-order valence-electron chi connectivity index (χ3n) is 2.93. The van der Waals surface area contributed by atoms with Crippen LogP contribution < -0.4 is 11.1 Å². The molecule has 0 aromatic carbocycles. The standard InChI is InChI=1S/C9H17N3O3S2/c1-6(8(10)16)17(14,15)12-5-3-4-7(12)9(13)11-2/h6-7H,3-5H2,1-2H3,(H2,10,16)(H,11,13). The summed E-state index contributed by atoms with van der Waals surface area (Å²) in [6, 6.07) is -0.637. The molecule has 1 aliphatic heterocycles. The molecule has 0 aromatic rings. The Kier molecular flexibility index (Phi) is 4.45. The summed E-state index contributed by atoms with van der Waals surface area (Å²) in [5, 5.41) is 1.53. The van der Waals surface area contributed by atoms with Crippen LogP contribution in [-0.2, 0) is 14.8 Å². The van der Waals surface area contributed by atoms with Gasteiger partial charge in [0.25, 0.3) is 0 Å². The van der Waals surface area contributed by atoms with Crippen molar-refractivity contribution in [2.24, 2.45) is 5.73 Å². The van der Waals surface area contributed by atoms with Gasteiger partial charge in [-0.2, -0.15) is 4.31 Å². The van der Waals surface area contributed by atoms with Gasteiger partial charge in [0.1, 0.15) is 11.3 Å². The molecule has 6 nitrogen and oxygen atoms in total. The van der Waals surface area contributed by atoms with Gasteiger partial charge in [0.05, 0.1) is 4.99 Å². The number of nitrogens with two attached hydrogens (primary N) is 1. The molecule has 0 aromatic heterocycles. The van der Waals surface area contributed by atoms with Crippen molar-refractivity contribution in [3.63, 3.8) is 0 Å². The van der Waals surface area contributed by atoms with Gasteiger partial charge in [-0.3, -0.25) is 4.79 Å². The monoisotopic (exact) mass is 279 g/mol. The maximum Gasteiger partial charge on any atom is 0.238 e. The van der Waals surface area contributed by atoms with E-state index in [1.165, 1.54) is 18.3 Å². The minimum absolute atomic E-state index is 0.0763. The van der Waals surface area contributed by atoms with Crippen LogP contribution in [0.2, 0.25) is 0 Å². The van der Waals surface area contributed by atoms with E-state index in [1.54, 1.807) is 0 Å². The van der Waals surface area contributed by atoms with Crippen molar-refractivity contribution in [3.8, 4) is 0 Å². The van der Waals surface area contributed by atoms with Crippen LogP contribution in [0.3, 0.4) is 0 Å². The Morgan fingerprint density at radius 1 is 1.59 bits per heavy atom. The number of hydrogen-bond donors (Lipinski definition) is 2. The summed E-state index contributed by atoms with van der Waals surface area (Å²) in [5.41, 5.74) is 5.37. The molecule has 2 unspecified atom stereocenters. The van der Waals surface area contributed by atoms with E-state index >= 15 is 0 Å². The van der Waals surface area contributed by atoms with Gasteiger partial charge in [-0.15, -0.1) is 0 Å². The van der Waals surface area contributed by atoms with E-state index in [0.29, 0.717) is 19.4 Å². The molecule has 8 heteroatoms. The maximum absolute atomic E-state index is 12.2. The van der Waals surface area contributed by atoms with Gasteiger partial charge < -0.3 is 11.1 Å². The van der Waals surface area contributed by atoms with Crippen molar-refractivity contribution in [1.82, 2.24) is 9.62 Å². The number of likely N-dealkylation sites (N-methyl/N-ethyl adjacent to an activating group) is 1. The number of sulfonamides is 1. The largest absolute Gasteiger partial charge is 0.392 e. The quantitative estimate of drug-likeness (QED) is 0.657. The van der Waals surface area contributed by atoms with Crippen LogP contribution in [0.15, 0.2) is 0 Å². The lowest BCUT2D eigenvalue weighted by atomic mass is 10.2. The van der Waals surface area contributed by atoms with Crippen molar-refractivity contribution in [3.05, 3.63) is 0 Å². The third-order valence-corrected chi connectivity index (χ3v) is 5.67. The number of thiocarbonyl (C=S) groups is 1. The smallest absolute Gasteiger partial charge is 0.238 e. The highest BCUT2D eigenvalue weighted by Gasteiger charge is 2.41. The first-order chi connectivity index (χ1) is 7.82. The Bertz CT molecular complexity index is 421. The fourth-order valence-corrected chi connectivity index (χ4v) is 3.83. The molecule has 0 radical (unpaired) electrons. The minimum Gasteiger partial charge on any atom is -0.392 e. The zero-order valence-corrected chi connectivity index (χ0v) is 11.5. The number of nitrogens with zero attached hydrogens (tertiary/aromatic N) is 1. The molecule has 1 saturated heterocycles. The lowest BCUT2D eigenvalue weighted by molar-refractivity contribution is -0.123. The van der Waals surface area contributed by atoms with Gasteiger partial charge in [-0.25, -0.2) is 8.42 Å². The zero-order chi connectivity index (χ0) is 13.2. The van der Waals surface area contributed by atoms with E-state index in [2.05, 4.69) is 5.32 Å². The summed E-state index contributed by atoms with van der Waals surface area (Å²) in [6.45, 7) is 1.78.